The fourth-order valence-corrected chi connectivity index (χ4v) is 2.42. The largest absolute Gasteiger partial charge is 0.399 e. The van der Waals surface area contributed by atoms with Crippen LogP contribution in [0.5, 0.6) is 0 Å². The number of hydrogen-bond acceptors (Lipinski definition) is 2. The first-order valence-electron chi connectivity index (χ1n) is 5.98. The van der Waals surface area contributed by atoms with Gasteiger partial charge in [-0.2, -0.15) is 0 Å². The van der Waals surface area contributed by atoms with E-state index in [0.717, 1.165) is 30.7 Å². The lowest BCUT2D eigenvalue weighted by Gasteiger charge is -2.21. The zero-order valence-electron chi connectivity index (χ0n) is 10.0. The molecule has 3 nitrogen and oxygen atoms in total. The Bertz CT molecular complexity index is 580. The third-order valence-corrected chi connectivity index (χ3v) is 3.46. The highest BCUT2D eigenvalue weighted by atomic mass is 15.1. The van der Waals surface area contributed by atoms with Crippen LogP contribution < -0.4 is 5.73 Å². The third-order valence-electron chi connectivity index (χ3n) is 3.46. The molecule has 0 saturated heterocycles. The maximum atomic E-state index is 5.86. The summed E-state index contributed by atoms with van der Waals surface area (Å²) in [7, 11) is 2.15. The summed E-state index contributed by atoms with van der Waals surface area (Å²) >= 11 is 0. The SMILES string of the molecule is CN1CC=C(c2c[nH]c3ccc(N)cc23)CC1. The van der Waals surface area contributed by atoms with E-state index in [2.05, 4.69) is 35.3 Å². The normalized spacial score (nSPS) is 17.4. The molecule has 0 amide bonds. The van der Waals surface area contributed by atoms with Gasteiger partial charge in [-0.15, -0.1) is 0 Å². The Balaban J connectivity index is 2.08. The molecule has 88 valence electrons. The van der Waals surface area contributed by atoms with Crippen molar-refractivity contribution in [2.45, 2.75) is 6.42 Å². The molecule has 0 atom stereocenters. The molecule has 1 aromatic carbocycles. The Morgan fingerprint density at radius 1 is 1.35 bits per heavy atom. The van der Waals surface area contributed by atoms with Gasteiger partial charge in [-0.05, 0) is 37.2 Å². The summed E-state index contributed by atoms with van der Waals surface area (Å²) in [6, 6.07) is 6.04. The van der Waals surface area contributed by atoms with E-state index in [1.807, 2.05) is 12.1 Å². The molecule has 3 heteroatoms. The molecular formula is C14H17N3. The molecule has 1 aliphatic rings. The van der Waals surface area contributed by atoms with E-state index < -0.39 is 0 Å². The topological polar surface area (TPSA) is 45.0 Å². The van der Waals surface area contributed by atoms with Crippen molar-refractivity contribution in [3.63, 3.8) is 0 Å². The van der Waals surface area contributed by atoms with Crippen LogP contribution in [0, 0.1) is 0 Å². The van der Waals surface area contributed by atoms with E-state index in [4.69, 9.17) is 5.73 Å². The zero-order valence-corrected chi connectivity index (χ0v) is 10.0. The van der Waals surface area contributed by atoms with Gasteiger partial charge in [-0.1, -0.05) is 6.08 Å². The van der Waals surface area contributed by atoms with Crippen LogP contribution in [0.4, 0.5) is 5.69 Å². The van der Waals surface area contributed by atoms with Crippen molar-refractivity contribution < 1.29 is 0 Å². The van der Waals surface area contributed by atoms with Gasteiger partial charge in [0.05, 0.1) is 0 Å². The van der Waals surface area contributed by atoms with Crippen molar-refractivity contribution in [2.24, 2.45) is 0 Å². The molecule has 2 heterocycles. The number of hydrogen-bond donors (Lipinski definition) is 2. The van der Waals surface area contributed by atoms with E-state index >= 15 is 0 Å². The highest BCUT2D eigenvalue weighted by Gasteiger charge is 2.13. The van der Waals surface area contributed by atoms with Crippen LogP contribution in [0.25, 0.3) is 16.5 Å². The zero-order chi connectivity index (χ0) is 11.8. The second-order valence-corrected chi connectivity index (χ2v) is 4.75. The van der Waals surface area contributed by atoms with Crippen molar-refractivity contribution >= 4 is 22.2 Å². The molecule has 3 N–H and O–H groups in total. The number of aromatic amines is 1. The number of nitrogens with one attached hydrogen (secondary N) is 1. The lowest BCUT2D eigenvalue weighted by Crippen LogP contribution is -2.23. The Labute approximate surface area is 101 Å². The Kier molecular flexibility index (Phi) is 2.41. The van der Waals surface area contributed by atoms with Gasteiger partial charge in [0, 0.05) is 41.4 Å². The van der Waals surface area contributed by atoms with Crippen LogP contribution in [0.2, 0.25) is 0 Å². The molecular weight excluding hydrogens is 210 g/mol. The van der Waals surface area contributed by atoms with Crippen molar-refractivity contribution in [3.05, 3.63) is 36.0 Å². The maximum absolute atomic E-state index is 5.86. The lowest BCUT2D eigenvalue weighted by molar-refractivity contribution is 0.370. The van der Waals surface area contributed by atoms with Crippen LogP contribution in [0.3, 0.4) is 0 Å². The van der Waals surface area contributed by atoms with Crippen molar-refractivity contribution in [2.75, 3.05) is 25.9 Å². The van der Waals surface area contributed by atoms with Crippen molar-refractivity contribution in [1.82, 2.24) is 9.88 Å². The van der Waals surface area contributed by atoms with Gasteiger partial charge in [-0.25, -0.2) is 0 Å². The van der Waals surface area contributed by atoms with E-state index in [1.54, 1.807) is 0 Å². The smallest absolute Gasteiger partial charge is 0.0461 e. The molecule has 1 aromatic heterocycles. The second kappa shape index (κ2) is 3.93. The van der Waals surface area contributed by atoms with Crippen molar-refractivity contribution in [3.8, 4) is 0 Å². The van der Waals surface area contributed by atoms with Gasteiger partial charge in [-0.3, -0.25) is 0 Å². The van der Waals surface area contributed by atoms with E-state index in [0.29, 0.717) is 0 Å². The Hall–Kier alpha value is -1.74. The predicted molar refractivity (Wildman–Crippen MR) is 72.8 cm³/mol. The summed E-state index contributed by atoms with van der Waals surface area (Å²) in [5.41, 5.74) is 10.6. The summed E-state index contributed by atoms with van der Waals surface area (Å²) in [6.07, 6.45) is 5.52. The molecule has 17 heavy (non-hydrogen) atoms. The number of fused-ring (bicyclic) bond motifs is 1. The molecule has 0 aliphatic carbocycles. The molecule has 0 spiro atoms. The van der Waals surface area contributed by atoms with Gasteiger partial charge in [0.1, 0.15) is 0 Å². The van der Waals surface area contributed by atoms with Crippen LogP contribution in [0.15, 0.2) is 30.5 Å². The minimum atomic E-state index is 0.826. The number of nitrogen functional groups attached to an aromatic ring is 1. The van der Waals surface area contributed by atoms with Crippen LogP contribution in [-0.4, -0.2) is 30.0 Å². The van der Waals surface area contributed by atoms with Crippen LogP contribution in [0.1, 0.15) is 12.0 Å². The minimum absolute atomic E-state index is 0.826. The quantitative estimate of drug-likeness (QED) is 0.735. The number of nitrogens with two attached hydrogens (primary N) is 1. The fraction of sp³-hybridized carbons (Fsp3) is 0.286. The summed E-state index contributed by atoms with van der Waals surface area (Å²) in [6.45, 7) is 2.16. The van der Waals surface area contributed by atoms with Gasteiger partial charge in [0.15, 0.2) is 0 Å². The van der Waals surface area contributed by atoms with Gasteiger partial charge < -0.3 is 15.6 Å². The number of H-pyrrole nitrogens is 1. The molecule has 0 fully saturated rings. The van der Waals surface area contributed by atoms with E-state index in [-0.39, 0.29) is 0 Å². The van der Waals surface area contributed by atoms with Crippen molar-refractivity contribution in [1.29, 1.82) is 0 Å². The van der Waals surface area contributed by atoms with Gasteiger partial charge >= 0.3 is 0 Å². The second-order valence-electron chi connectivity index (χ2n) is 4.75. The molecule has 0 unspecified atom stereocenters. The molecule has 1 aliphatic heterocycles. The van der Waals surface area contributed by atoms with Crippen LogP contribution in [-0.2, 0) is 0 Å². The highest BCUT2D eigenvalue weighted by Crippen LogP contribution is 2.29. The number of rotatable bonds is 1. The molecule has 2 aromatic rings. The molecule has 0 saturated carbocycles. The third kappa shape index (κ3) is 1.83. The average Bonchev–Trinajstić information content (AvgIpc) is 2.73. The average molecular weight is 227 g/mol. The van der Waals surface area contributed by atoms with E-state index in [1.165, 1.54) is 16.5 Å². The first-order valence-corrected chi connectivity index (χ1v) is 5.98. The van der Waals surface area contributed by atoms with Crippen LogP contribution >= 0.6 is 0 Å². The summed E-state index contributed by atoms with van der Waals surface area (Å²) in [4.78, 5) is 5.64. The number of anilines is 1. The van der Waals surface area contributed by atoms with Gasteiger partial charge in [0.2, 0.25) is 0 Å². The number of likely N-dealkylation sites (N-methyl/N-ethyl adjacent to an activating group) is 1. The van der Waals surface area contributed by atoms with E-state index in [9.17, 15) is 0 Å². The first-order chi connectivity index (χ1) is 8.24. The highest BCUT2D eigenvalue weighted by molar-refractivity contribution is 5.94. The Morgan fingerprint density at radius 3 is 3.00 bits per heavy atom. The first kappa shape index (κ1) is 10.4. The lowest BCUT2D eigenvalue weighted by atomic mass is 9.99. The monoisotopic (exact) mass is 227 g/mol. The minimum Gasteiger partial charge on any atom is -0.399 e. The summed E-state index contributed by atoms with van der Waals surface area (Å²) < 4.78 is 0. The molecule has 0 radical (unpaired) electrons. The Morgan fingerprint density at radius 2 is 2.24 bits per heavy atom. The predicted octanol–water partition coefficient (Wildman–Crippen LogP) is 2.47. The molecule has 0 bridgehead atoms. The number of aromatic nitrogens is 1. The summed E-state index contributed by atoms with van der Waals surface area (Å²) in [5, 5.41) is 1.24. The summed E-state index contributed by atoms with van der Waals surface area (Å²) in [5.74, 6) is 0. The van der Waals surface area contributed by atoms with Gasteiger partial charge in [0.25, 0.3) is 0 Å². The maximum Gasteiger partial charge on any atom is 0.0461 e. The fourth-order valence-electron chi connectivity index (χ4n) is 2.42. The standard InChI is InChI=1S/C14H17N3/c1-17-6-4-10(5-7-17)13-9-16-14-3-2-11(15)8-12(13)14/h2-4,8-9,16H,5-7,15H2,1H3. The molecule has 3 rings (SSSR count). The number of benzene rings is 1. The number of nitrogens with zero attached hydrogens (tertiary/aromatic N) is 1.